The van der Waals surface area contributed by atoms with Crippen LogP contribution in [0.25, 0.3) is 0 Å². The molecule has 1 heterocycles. The van der Waals surface area contributed by atoms with Gasteiger partial charge in [-0.25, -0.2) is 0 Å². The molecule has 1 aromatic rings. The monoisotopic (exact) mass is 308 g/mol. The highest BCUT2D eigenvalue weighted by molar-refractivity contribution is 5.97. The fourth-order valence-electron chi connectivity index (χ4n) is 2.65. The smallest absolute Gasteiger partial charge is 0.257 e. The minimum atomic E-state index is -0.344. The lowest BCUT2D eigenvalue weighted by atomic mass is 10.1. The Bertz CT molecular complexity index is 511. The van der Waals surface area contributed by atoms with Crippen LogP contribution in [0.3, 0.4) is 0 Å². The summed E-state index contributed by atoms with van der Waals surface area (Å²) in [5.74, 6) is 1.15. The van der Waals surface area contributed by atoms with Gasteiger partial charge >= 0.3 is 0 Å². The van der Waals surface area contributed by atoms with Crippen molar-refractivity contribution in [3.05, 3.63) is 23.8 Å². The van der Waals surface area contributed by atoms with E-state index in [0.717, 1.165) is 13.1 Å². The van der Waals surface area contributed by atoms with Gasteiger partial charge in [0.25, 0.3) is 5.91 Å². The fraction of sp³-hybridized carbons (Fsp3) is 0.562. The number of carbonyl (C=O) groups is 1. The molecule has 1 saturated heterocycles. The van der Waals surface area contributed by atoms with Crippen LogP contribution in [0.2, 0.25) is 0 Å². The zero-order valence-electron chi connectivity index (χ0n) is 13.4. The Balaban J connectivity index is 2.04. The van der Waals surface area contributed by atoms with E-state index < -0.39 is 0 Å². The Labute approximate surface area is 131 Å². The number of β-amino-alcohol motifs (C(OH)–C–C–N with tert-alkyl or cyclic N) is 1. The topological polar surface area (TPSA) is 62.2 Å². The number of hydrogen-bond donors (Lipinski definition) is 1. The van der Waals surface area contributed by atoms with Gasteiger partial charge in [0.05, 0.1) is 25.9 Å². The number of piperazine rings is 1. The lowest BCUT2D eigenvalue weighted by Crippen LogP contribution is -2.50. The van der Waals surface area contributed by atoms with Gasteiger partial charge in [-0.2, -0.15) is 0 Å². The SMILES string of the molecule is COc1ccc(C(=O)N2CCN(C[C@@H](C)O)CC2)c(OC)c1. The minimum Gasteiger partial charge on any atom is -0.497 e. The molecule has 0 unspecified atom stereocenters. The van der Waals surface area contributed by atoms with Crippen LogP contribution in [0.1, 0.15) is 17.3 Å². The molecule has 0 aromatic heterocycles. The molecule has 0 saturated carbocycles. The van der Waals surface area contributed by atoms with Crippen LogP contribution in [0.5, 0.6) is 11.5 Å². The molecule has 0 aliphatic carbocycles. The van der Waals surface area contributed by atoms with Crippen molar-refractivity contribution in [1.82, 2.24) is 9.80 Å². The predicted octanol–water partition coefficient (Wildman–Crippen LogP) is 0.842. The number of benzene rings is 1. The zero-order valence-corrected chi connectivity index (χ0v) is 13.4. The highest BCUT2D eigenvalue weighted by Crippen LogP contribution is 2.26. The van der Waals surface area contributed by atoms with Gasteiger partial charge in [0.1, 0.15) is 11.5 Å². The van der Waals surface area contributed by atoms with Gasteiger partial charge in [-0.15, -0.1) is 0 Å². The Morgan fingerprint density at radius 1 is 1.23 bits per heavy atom. The summed E-state index contributed by atoms with van der Waals surface area (Å²) >= 11 is 0. The van der Waals surface area contributed by atoms with Crippen LogP contribution in [0.15, 0.2) is 18.2 Å². The van der Waals surface area contributed by atoms with Crippen molar-refractivity contribution in [2.75, 3.05) is 46.9 Å². The molecule has 1 aliphatic rings. The molecule has 122 valence electrons. The number of ether oxygens (including phenoxy) is 2. The number of carbonyl (C=O) groups excluding carboxylic acids is 1. The number of nitrogens with zero attached hydrogens (tertiary/aromatic N) is 2. The van der Waals surface area contributed by atoms with E-state index in [-0.39, 0.29) is 12.0 Å². The number of methoxy groups -OCH3 is 2. The molecule has 1 aliphatic heterocycles. The van der Waals surface area contributed by atoms with Crippen LogP contribution in [0.4, 0.5) is 0 Å². The molecule has 0 radical (unpaired) electrons. The molecule has 6 heteroatoms. The molecule has 1 fully saturated rings. The average molecular weight is 308 g/mol. The van der Waals surface area contributed by atoms with Crippen LogP contribution >= 0.6 is 0 Å². The van der Waals surface area contributed by atoms with E-state index in [9.17, 15) is 9.90 Å². The van der Waals surface area contributed by atoms with E-state index in [1.165, 1.54) is 0 Å². The minimum absolute atomic E-state index is 0.0313. The van der Waals surface area contributed by atoms with Crippen LogP contribution in [0, 0.1) is 0 Å². The summed E-state index contributed by atoms with van der Waals surface area (Å²) in [6.07, 6.45) is -0.344. The number of aliphatic hydroxyl groups is 1. The summed E-state index contributed by atoms with van der Waals surface area (Å²) in [6.45, 7) is 5.28. The van der Waals surface area contributed by atoms with Crippen molar-refractivity contribution in [3.63, 3.8) is 0 Å². The maximum atomic E-state index is 12.6. The highest BCUT2D eigenvalue weighted by Gasteiger charge is 2.24. The molecular weight excluding hydrogens is 284 g/mol. The Morgan fingerprint density at radius 2 is 1.91 bits per heavy atom. The maximum Gasteiger partial charge on any atom is 0.257 e. The van der Waals surface area contributed by atoms with Crippen molar-refractivity contribution in [1.29, 1.82) is 0 Å². The summed E-state index contributed by atoms with van der Waals surface area (Å²) in [7, 11) is 3.13. The summed E-state index contributed by atoms with van der Waals surface area (Å²) in [5.41, 5.74) is 0.548. The first-order valence-electron chi connectivity index (χ1n) is 7.47. The third kappa shape index (κ3) is 3.90. The summed E-state index contributed by atoms with van der Waals surface area (Å²) in [4.78, 5) is 16.6. The Hall–Kier alpha value is -1.79. The summed E-state index contributed by atoms with van der Waals surface area (Å²) < 4.78 is 10.5. The molecule has 1 amide bonds. The molecule has 1 N–H and O–H groups in total. The molecular formula is C16H24N2O4. The van der Waals surface area contributed by atoms with E-state index >= 15 is 0 Å². The van der Waals surface area contributed by atoms with Crippen LogP contribution < -0.4 is 9.47 Å². The zero-order chi connectivity index (χ0) is 16.1. The predicted molar refractivity (Wildman–Crippen MR) is 83.6 cm³/mol. The van der Waals surface area contributed by atoms with Gasteiger partial charge in [-0.05, 0) is 19.1 Å². The Kier molecular flexibility index (Phi) is 5.63. The first kappa shape index (κ1) is 16.6. The number of rotatable bonds is 5. The van der Waals surface area contributed by atoms with E-state index in [1.54, 1.807) is 39.3 Å². The standard InChI is InChI=1S/C16H24N2O4/c1-12(19)11-17-6-8-18(9-7-17)16(20)14-5-4-13(21-2)10-15(14)22-3/h4-5,10,12,19H,6-9,11H2,1-3H3/t12-/m1/s1. The lowest BCUT2D eigenvalue weighted by molar-refractivity contribution is 0.0551. The van der Waals surface area contributed by atoms with Gasteiger partial charge in [0.2, 0.25) is 0 Å². The molecule has 0 bridgehead atoms. The molecule has 1 aromatic carbocycles. The number of hydrogen-bond acceptors (Lipinski definition) is 5. The third-order valence-corrected chi connectivity index (χ3v) is 3.82. The van der Waals surface area contributed by atoms with Crippen LogP contribution in [-0.4, -0.2) is 73.9 Å². The quantitative estimate of drug-likeness (QED) is 0.873. The van der Waals surface area contributed by atoms with E-state index in [0.29, 0.717) is 36.7 Å². The average Bonchev–Trinajstić information content (AvgIpc) is 2.53. The van der Waals surface area contributed by atoms with Crippen molar-refractivity contribution in [3.8, 4) is 11.5 Å². The van der Waals surface area contributed by atoms with Crippen LogP contribution in [-0.2, 0) is 0 Å². The van der Waals surface area contributed by atoms with Crippen molar-refractivity contribution in [2.45, 2.75) is 13.0 Å². The van der Waals surface area contributed by atoms with Gasteiger partial charge in [0, 0.05) is 38.8 Å². The largest absolute Gasteiger partial charge is 0.497 e. The molecule has 2 rings (SSSR count). The molecule has 6 nitrogen and oxygen atoms in total. The van der Waals surface area contributed by atoms with E-state index in [4.69, 9.17) is 9.47 Å². The van der Waals surface area contributed by atoms with Crippen molar-refractivity contribution < 1.29 is 19.4 Å². The van der Waals surface area contributed by atoms with E-state index in [1.807, 2.05) is 4.90 Å². The van der Waals surface area contributed by atoms with Crippen molar-refractivity contribution >= 4 is 5.91 Å². The first-order valence-corrected chi connectivity index (χ1v) is 7.47. The second kappa shape index (κ2) is 7.47. The second-order valence-corrected chi connectivity index (χ2v) is 5.51. The second-order valence-electron chi connectivity index (χ2n) is 5.51. The third-order valence-electron chi connectivity index (χ3n) is 3.82. The van der Waals surface area contributed by atoms with Gasteiger partial charge in [-0.1, -0.05) is 0 Å². The summed E-state index contributed by atoms with van der Waals surface area (Å²) in [6, 6.07) is 5.22. The number of amides is 1. The van der Waals surface area contributed by atoms with Gasteiger partial charge in [-0.3, -0.25) is 9.69 Å². The molecule has 0 spiro atoms. The number of aliphatic hydroxyl groups excluding tert-OH is 1. The summed E-state index contributed by atoms with van der Waals surface area (Å²) in [5, 5.41) is 9.42. The normalized spacial score (nSPS) is 17.2. The van der Waals surface area contributed by atoms with Crippen molar-refractivity contribution in [2.24, 2.45) is 0 Å². The molecule has 22 heavy (non-hydrogen) atoms. The lowest BCUT2D eigenvalue weighted by Gasteiger charge is -2.35. The van der Waals surface area contributed by atoms with Gasteiger partial charge in [0.15, 0.2) is 0 Å². The first-order chi connectivity index (χ1) is 10.5. The fourth-order valence-corrected chi connectivity index (χ4v) is 2.65. The molecule has 1 atom stereocenters. The highest BCUT2D eigenvalue weighted by atomic mass is 16.5. The van der Waals surface area contributed by atoms with Gasteiger partial charge < -0.3 is 19.5 Å². The van der Waals surface area contributed by atoms with E-state index in [2.05, 4.69) is 4.90 Å². The Morgan fingerprint density at radius 3 is 2.45 bits per heavy atom. The maximum absolute atomic E-state index is 12.6.